The summed E-state index contributed by atoms with van der Waals surface area (Å²) in [5.41, 5.74) is 7.73. The predicted octanol–water partition coefficient (Wildman–Crippen LogP) is 4.70. The van der Waals surface area contributed by atoms with Gasteiger partial charge in [-0.15, -0.1) is 0 Å². The number of nitrogens with zero attached hydrogens (tertiary/aromatic N) is 2. The Labute approximate surface area is 216 Å². The molecule has 1 aromatic heterocycles. The molecule has 2 aromatic rings. The zero-order valence-corrected chi connectivity index (χ0v) is 22.8. The number of ether oxygens (including phenoxy) is 2. The van der Waals surface area contributed by atoms with Gasteiger partial charge in [-0.05, 0) is 76.0 Å². The van der Waals surface area contributed by atoms with Crippen LogP contribution in [0.25, 0.3) is 11.3 Å². The van der Waals surface area contributed by atoms with Gasteiger partial charge in [0.05, 0.1) is 11.8 Å². The Balaban J connectivity index is 1.58. The molecule has 2 aliphatic rings. The van der Waals surface area contributed by atoms with E-state index in [9.17, 15) is 13.2 Å². The maximum absolute atomic E-state index is 12.8. The van der Waals surface area contributed by atoms with E-state index in [0.29, 0.717) is 54.7 Å². The van der Waals surface area contributed by atoms with Crippen LogP contribution in [-0.2, 0) is 25.6 Å². The number of nitrogen functional groups attached to an aromatic ring is 1. The van der Waals surface area contributed by atoms with Crippen molar-refractivity contribution in [1.29, 1.82) is 0 Å². The summed E-state index contributed by atoms with van der Waals surface area (Å²) in [6, 6.07) is 3.42. The Morgan fingerprint density at radius 2 is 1.83 bits per heavy atom. The molecule has 1 heterocycles. The lowest BCUT2D eigenvalue weighted by Gasteiger charge is -2.35. The van der Waals surface area contributed by atoms with Crippen LogP contribution in [0.5, 0.6) is 5.75 Å². The van der Waals surface area contributed by atoms with E-state index < -0.39 is 26.2 Å². The topological polar surface area (TPSA) is 134 Å². The summed E-state index contributed by atoms with van der Waals surface area (Å²) in [6.07, 6.45) is 3.79. The highest BCUT2D eigenvalue weighted by molar-refractivity contribution is 8.13. The number of nitrogens with two attached hydrogens (primary N) is 1. The Kier molecular flexibility index (Phi) is 6.89. The van der Waals surface area contributed by atoms with E-state index in [-0.39, 0.29) is 22.8 Å². The predicted molar refractivity (Wildman–Crippen MR) is 138 cm³/mol. The van der Waals surface area contributed by atoms with Crippen LogP contribution >= 0.6 is 10.7 Å². The number of aromatic nitrogens is 2. The molecule has 4 rings (SSSR count). The molecule has 2 aliphatic carbocycles. The zero-order chi connectivity index (χ0) is 26.5. The SMILES string of the molecule is CC(C)(C)OC(=O)N[C@H]1CC[C@H](Oc2ccc3c(c2S(=O)(=O)Cl)CC(C)(C)c2c(N)ncnc2-3)CC1. The summed E-state index contributed by atoms with van der Waals surface area (Å²) < 4.78 is 37.2. The van der Waals surface area contributed by atoms with Crippen LogP contribution in [0.15, 0.2) is 23.4 Å². The molecule has 36 heavy (non-hydrogen) atoms. The van der Waals surface area contributed by atoms with Crippen LogP contribution in [0.4, 0.5) is 10.6 Å². The van der Waals surface area contributed by atoms with Crippen molar-refractivity contribution in [3.05, 3.63) is 29.6 Å². The van der Waals surface area contributed by atoms with Crippen molar-refractivity contribution in [1.82, 2.24) is 15.3 Å². The molecular weight excluding hydrogens is 504 g/mol. The molecule has 0 aliphatic heterocycles. The summed E-state index contributed by atoms with van der Waals surface area (Å²) in [5.74, 6) is 0.608. The van der Waals surface area contributed by atoms with Gasteiger partial charge < -0.3 is 20.5 Å². The molecule has 9 nitrogen and oxygen atoms in total. The number of amides is 1. The van der Waals surface area contributed by atoms with Crippen LogP contribution < -0.4 is 15.8 Å². The monoisotopic (exact) mass is 536 g/mol. The van der Waals surface area contributed by atoms with Gasteiger partial charge in [0.2, 0.25) is 0 Å². The quantitative estimate of drug-likeness (QED) is 0.537. The lowest BCUT2D eigenvalue weighted by molar-refractivity contribution is 0.0470. The van der Waals surface area contributed by atoms with Gasteiger partial charge in [0.1, 0.15) is 28.4 Å². The Bertz CT molecular complexity index is 1280. The first-order valence-corrected chi connectivity index (χ1v) is 14.3. The van der Waals surface area contributed by atoms with Gasteiger partial charge in [0.15, 0.2) is 0 Å². The van der Waals surface area contributed by atoms with Crippen LogP contribution in [0.1, 0.15) is 71.4 Å². The third-order valence-corrected chi connectivity index (χ3v) is 7.98. The molecule has 0 unspecified atom stereocenters. The number of hydrogen-bond acceptors (Lipinski definition) is 8. The number of carbonyl (C=O) groups excluding carboxylic acids is 1. The largest absolute Gasteiger partial charge is 0.489 e. The normalized spacial score (nSPS) is 21.2. The number of fused-ring (bicyclic) bond motifs is 3. The lowest BCUT2D eigenvalue weighted by atomic mass is 9.72. The van der Waals surface area contributed by atoms with Gasteiger partial charge in [-0.1, -0.05) is 13.8 Å². The van der Waals surface area contributed by atoms with E-state index in [4.69, 9.17) is 25.9 Å². The summed E-state index contributed by atoms with van der Waals surface area (Å²) in [6.45, 7) is 9.41. The van der Waals surface area contributed by atoms with E-state index in [2.05, 4.69) is 15.3 Å². The van der Waals surface area contributed by atoms with Crippen molar-refractivity contribution in [2.75, 3.05) is 5.73 Å². The van der Waals surface area contributed by atoms with Gasteiger partial charge in [0, 0.05) is 27.9 Å². The first-order valence-electron chi connectivity index (χ1n) is 12.0. The minimum absolute atomic E-state index is 0.0217. The van der Waals surface area contributed by atoms with Gasteiger partial charge >= 0.3 is 6.09 Å². The Hall–Kier alpha value is -2.59. The number of benzene rings is 1. The van der Waals surface area contributed by atoms with E-state index in [1.807, 2.05) is 40.7 Å². The molecule has 0 radical (unpaired) electrons. The molecule has 1 saturated carbocycles. The molecule has 1 amide bonds. The highest BCUT2D eigenvalue weighted by Crippen LogP contribution is 2.48. The standard InChI is InChI=1S/C25H33ClN4O5S/c1-24(2,3)35-23(31)30-14-6-8-15(9-7-14)34-18-11-10-16-17(21(18)36(26,32)33)12-25(4,5)19-20(16)28-13-29-22(19)27/h10-11,13-15H,6-9,12H2,1-5H3,(H,30,31)(H2,27,28,29)/t14-,15-. The summed E-state index contributed by atoms with van der Waals surface area (Å²) in [5, 5.41) is 2.90. The Morgan fingerprint density at radius 1 is 1.17 bits per heavy atom. The molecule has 3 N–H and O–H groups in total. The third-order valence-electron chi connectivity index (χ3n) is 6.58. The first-order chi connectivity index (χ1) is 16.7. The second kappa shape index (κ2) is 9.37. The fourth-order valence-electron chi connectivity index (χ4n) is 5.14. The zero-order valence-electron chi connectivity index (χ0n) is 21.2. The van der Waals surface area contributed by atoms with Gasteiger partial charge in [-0.3, -0.25) is 0 Å². The van der Waals surface area contributed by atoms with E-state index >= 15 is 0 Å². The van der Waals surface area contributed by atoms with Crippen molar-refractivity contribution >= 4 is 31.6 Å². The molecule has 1 aromatic carbocycles. The summed E-state index contributed by atoms with van der Waals surface area (Å²) >= 11 is 0. The molecule has 1 fully saturated rings. The highest BCUT2D eigenvalue weighted by atomic mass is 35.7. The average Bonchev–Trinajstić information content (AvgIpc) is 2.72. The number of nitrogens with one attached hydrogen (secondary N) is 1. The van der Waals surface area contributed by atoms with E-state index in [1.165, 1.54) is 6.33 Å². The minimum atomic E-state index is -4.13. The summed E-state index contributed by atoms with van der Waals surface area (Å²) in [7, 11) is 1.84. The van der Waals surface area contributed by atoms with Crippen LogP contribution in [0.3, 0.4) is 0 Å². The van der Waals surface area contributed by atoms with E-state index in [1.54, 1.807) is 6.07 Å². The number of rotatable bonds is 4. The first kappa shape index (κ1) is 26.5. The van der Waals surface area contributed by atoms with Crippen molar-refractivity contribution < 1.29 is 22.7 Å². The second-order valence-electron chi connectivity index (χ2n) is 11.1. The number of anilines is 1. The van der Waals surface area contributed by atoms with Crippen molar-refractivity contribution in [2.45, 2.75) is 94.8 Å². The molecular formula is C25H33ClN4O5S. The van der Waals surface area contributed by atoms with Gasteiger partial charge in [-0.25, -0.2) is 23.2 Å². The summed E-state index contributed by atoms with van der Waals surface area (Å²) in [4.78, 5) is 20.6. The van der Waals surface area contributed by atoms with Crippen molar-refractivity contribution in [3.63, 3.8) is 0 Å². The fraction of sp³-hybridized carbons (Fsp3) is 0.560. The average molecular weight is 537 g/mol. The van der Waals surface area contributed by atoms with Crippen molar-refractivity contribution in [2.24, 2.45) is 0 Å². The Morgan fingerprint density at radius 3 is 2.44 bits per heavy atom. The van der Waals surface area contributed by atoms with E-state index in [0.717, 1.165) is 5.56 Å². The fourth-order valence-corrected chi connectivity index (χ4v) is 6.48. The number of hydrogen-bond donors (Lipinski definition) is 2. The molecule has 0 saturated heterocycles. The van der Waals surface area contributed by atoms with Crippen molar-refractivity contribution in [3.8, 4) is 17.0 Å². The van der Waals surface area contributed by atoms with Crippen LogP contribution in [0.2, 0.25) is 0 Å². The van der Waals surface area contributed by atoms with Crippen LogP contribution in [-0.4, -0.2) is 42.2 Å². The smallest absolute Gasteiger partial charge is 0.407 e. The minimum Gasteiger partial charge on any atom is -0.489 e. The lowest BCUT2D eigenvalue weighted by Crippen LogP contribution is -2.42. The van der Waals surface area contributed by atoms with Crippen LogP contribution in [0, 0.1) is 0 Å². The number of halogens is 1. The number of alkyl carbamates (subject to hydrolysis) is 1. The van der Waals surface area contributed by atoms with Gasteiger partial charge in [0.25, 0.3) is 9.05 Å². The molecule has 11 heteroatoms. The molecule has 0 spiro atoms. The highest BCUT2D eigenvalue weighted by Gasteiger charge is 2.39. The molecule has 196 valence electrons. The second-order valence-corrected chi connectivity index (χ2v) is 13.6. The maximum atomic E-state index is 12.8. The number of carbonyl (C=O) groups is 1. The molecule has 0 atom stereocenters. The maximum Gasteiger partial charge on any atom is 0.407 e. The third kappa shape index (κ3) is 5.54. The van der Waals surface area contributed by atoms with Gasteiger partial charge in [-0.2, -0.15) is 0 Å². The molecule has 0 bridgehead atoms.